The van der Waals surface area contributed by atoms with Gasteiger partial charge in [0.2, 0.25) is 5.95 Å². The van der Waals surface area contributed by atoms with Crippen LogP contribution in [0.5, 0.6) is 0 Å². The predicted molar refractivity (Wildman–Crippen MR) is 141 cm³/mol. The number of likely N-dealkylation sites (N-methyl/N-ethyl adjacent to an activating group) is 1. The van der Waals surface area contributed by atoms with E-state index < -0.39 is 10.8 Å². The van der Waals surface area contributed by atoms with Gasteiger partial charge >= 0.3 is 0 Å². The highest BCUT2D eigenvalue weighted by atomic mass is 35.5. The molecule has 1 fully saturated rings. The van der Waals surface area contributed by atoms with Gasteiger partial charge in [0.25, 0.3) is 0 Å². The van der Waals surface area contributed by atoms with Gasteiger partial charge in [-0.3, -0.25) is 9.11 Å². The minimum absolute atomic E-state index is 0.000252. The van der Waals surface area contributed by atoms with Crippen molar-refractivity contribution in [2.75, 3.05) is 43.9 Å². The van der Waals surface area contributed by atoms with Crippen LogP contribution in [0.3, 0.4) is 0 Å². The third kappa shape index (κ3) is 6.33. The summed E-state index contributed by atoms with van der Waals surface area (Å²) in [7, 11) is 1.03. The van der Waals surface area contributed by atoms with Gasteiger partial charge in [0.1, 0.15) is 5.02 Å². The predicted octanol–water partition coefficient (Wildman–Crippen LogP) is 4.88. The second-order valence-corrected chi connectivity index (χ2v) is 11.1. The first-order chi connectivity index (χ1) is 16.4. The molecule has 1 aliphatic heterocycles. The summed E-state index contributed by atoms with van der Waals surface area (Å²) in [4.78, 5) is 14.4. The van der Waals surface area contributed by atoms with Crippen LogP contribution in [0.15, 0.2) is 59.6 Å². The maximum absolute atomic E-state index is 12.7. The largest absolute Gasteiger partial charge is 0.338 e. The number of nitrogens with one attached hydrogen (secondary N) is 2. The Balaban J connectivity index is 1.44. The summed E-state index contributed by atoms with van der Waals surface area (Å²) in [5, 5.41) is 6.87. The van der Waals surface area contributed by atoms with E-state index >= 15 is 0 Å². The molecular weight excluding hydrogens is 468 g/mol. The average Bonchev–Trinajstić information content (AvgIpc) is 2.84. The maximum Gasteiger partial charge on any atom is 0.229 e. The van der Waals surface area contributed by atoms with E-state index in [1.807, 2.05) is 50.2 Å². The van der Waals surface area contributed by atoms with Crippen molar-refractivity contribution in [3.63, 3.8) is 0 Å². The average molecular weight is 499 g/mol. The van der Waals surface area contributed by atoms with Crippen LogP contribution in [0.25, 0.3) is 0 Å². The van der Waals surface area contributed by atoms with Crippen LogP contribution in [0.2, 0.25) is 5.02 Å². The number of aromatic nitrogens is 2. The smallest absolute Gasteiger partial charge is 0.229 e. The van der Waals surface area contributed by atoms with Crippen molar-refractivity contribution in [3.05, 3.63) is 65.3 Å². The highest BCUT2D eigenvalue weighted by molar-refractivity contribution is 7.85. The third-order valence-corrected chi connectivity index (χ3v) is 7.66. The molecule has 2 N–H and O–H groups in total. The van der Waals surface area contributed by atoms with Gasteiger partial charge in [-0.05, 0) is 36.9 Å². The zero-order chi connectivity index (χ0) is 24.1. The van der Waals surface area contributed by atoms with Crippen molar-refractivity contribution < 1.29 is 4.21 Å². The Kier molecular flexibility index (Phi) is 8.15. The summed E-state index contributed by atoms with van der Waals surface area (Å²) in [6, 6.07) is 15.8. The molecule has 0 bridgehead atoms. The maximum atomic E-state index is 12.7. The Labute approximate surface area is 209 Å². The van der Waals surface area contributed by atoms with Gasteiger partial charge in [0.15, 0.2) is 5.82 Å². The van der Waals surface area contributed by atoms with Crippen LogP contribution in [0.4, 0.5) is 23.1 Å². The van der Waals surface area contributed by atoms with Crippen molar-refractivity contribution in [3.8, 4) is 0 Å². The van der Waals surface area contributed by atoms with E-state index in [0.717, 1.165) is 43.3 Å². The molecule has 1 aliphatic rings. The molecule has 3 aromatic rings. The van der Waals surface area contributed by atoms with E-state index in [1.54, 1.807) is 6.20 Å². The first-order valence-corrected chi connectivity index (χ1v) is 13.0. The van der Waals surface area contributed by atoms with Gasteiger partial charge in [-0.25, -0.2) is 4.98 Å². The molecule has 2 aromatic carbocycles. The molecule has 0 amide bonds. The molecule has 180 valence electrons. The van der Waals surface area contributed by atoms with Gasteiger partial charge in [-0.2, -0.15) is 4.98 Å². The summed E-state index contributed by atoms with van der Waals surface area (Å²) in [5.41, 5.74) is 2.90. The van der Waals surface area contributed by atoms with E-state index in [0.29, 0.717) is 22.5 Å². The molecule has 0 spiro atoms. The van der Waals surface area contributed by atoms with Gasteiger partial charge < -0.3 is 15.5 Å². The van der Waals surface area contributed by atoms with Gasteiger partial charge in [0.05, 0.1) is 27.6 Å². The van der Waals surface area contributed by atoms with Gasteiger partial charge in [-0.1, -0.05) is 49.7 Å². The first-order valence-electron chi connectivity index (χ1n) is 11.4. The quantitative estimate of drug-likeness (QED) is 0.458. The lowest BCUT2D eigenvalue weighted by molar-refractivity contribution is 0.148. The van der Waals surface area contributed by atoms with Crippen LogP contribution in [0.1, 0.15) is 19.4 Å². The normalized spacial score (nSPS) is 15.9. The summed E-state index contributed by atoms with van der Waals surface area (Å²) in [5.74, 6) is 0.889. The monoisotopic (exact) mass is 498 g/mol. The fraction of sp³-hybridized carbons (Fsp3) is 0.360. The van der Waals surface area contributed by atoms with Crippen LogP contribution in [-0.4, -0.2) is 62.5 Å². The molecule has 0 aliphatic carbocycles. The lowest BCUT2D eigenvalue weighted by Gasteiger charge is -2.32. The molecule has 2 heterocycles. The molecule has 1 unspecified atom stereocenters. The second-order valence-electron chi connectivity index (χ2n) is 8.76. The highest BCUT2D eigenvalue weighted by Crippen LogP contribution is 2.29. The summed E-state index contributed by atoms with van der Waals surface area (Å²) >= 11 is 6.37. The Bertz CT molecular complexity index is 1130. The lowest BCUT2D eigenvalue weighted by Crippen LogP contribution is -2.43. The molecule has 4 rings (SSSR count). The van der Waals surface area contributed by atoms with Crippen molar-refractivity contribution in [1.82, 2.24) is 19.8 Å². The van der Waals surface area contributed by atoms with E-state index in [4.69, 9.17) is 11.6 Å². The zero-order valence-electron chi connectivity index (χ0n) is 19.8. The molecule has 34 heavy (non-hydrogen) atoms. The van der Waals surface area contributed by atoms with Crippen molar-refractivity contribution in [2.45, 2.75) is 30.5 Å². The van der Waals surface area contributed by atoms with Crippen LogP contribution < -0.4 is 10.6 Å². The minimum Gasteiger partial charge on any atom is -0.338 e. The highest BCUT2D eigenvalue weighted by Gasteiger charge is 2.16. The summed E-state index contributed by atoms with van der Waals surface area (Å²) in [6.45, 7) is 9.24. The van der Waals surface area contributed by atoms with E-state index in [9.17, 15) is 4.21 Å². The molecule has 0 radical (unpaired) electrons. The van der Waals surface area contributed by atoms with E-state index in [2.05, 4.69) is 49.6 Å². The molecule has 1 saturated heterocycles. The van der Waals surface area contributed by atoms with Crippen molar-refractivity contribution in [2.24, 2.45) is 0 Å². The second kappa shape index (κ2) is 11.3. The number of rotatable bonds is 8. The number of benzene rings is 2. The number of anilines is 4. The van der Waals surface area contributed by atoms with Crippen LogP contribution in [-0.2, 0) is 17.3 Å². The lowest BCUT2D eigenvalue weighted by atomic mass is 10.2. The number of piperazine rings is 1. The Morgan fingerprint density at radius 1 is 1.03 bits per heavy atom. The SMILES string of the molecule is CC(C)S(=O)c1ccccc1Nc1nc(Nc2ccc(CN3CCN(C)CC3)cc2)ncc1Cl. The number of hydrogen-bond acceptors (Lipinski definition) is 7. The molecular formula is C25H31ClN6OS. The fourth-order valence-corrected chi connectivity index (χ4v) is 4.92. The number of halogens is 1. The van der Waals surface area contributed by atoms with E-state index in [1.165, 1.54) is 5.56 Å². The minimum atomic E-state index is -1.14. The molecule has 1 atom stereocenters. The third-order valence-electron chi connectivity index (χ3n) is 5.74. The number of nitrogens with zero attached hydrogens (tertiary/aromatic N) is 4. The standard InChI is InChI=1S/C25H31ClN6OS/c1-18(2)34(33)23-7-5-4-6-22(23)29-24-21(26)16-27-25(30-24)28-20-10-8-19(9-11-20)17-32-14-12-31(3)13-15-32/h4-11,16,18H,12-15,17H2,1-3H3,(H2,27,28,29,30). The topological polar surface area (TPSA) is 73.4 Å². The Hall–Kier alpha value is -2.52. The molecule has 7 nitrogen and oxygen atoms in total. The van der Waals surface area contributed by atoms with Crippen LogP contribution in [0, 0.1) is 0 Å². The van der Waals surface area contributed by atoms with Crippen molar-refractivity contribution in [1.29, 1.82) is 0 Å². The number of hydrogen-bond donors (Lipinski definition) is 2. The molecule has 0 saturated carbocycles. The molecule has 1 aromatic heterocycles. The van der Waals surface area contributed by atoms with Crippen molar-refractivity contribution >= 4 is 45.5 Å². The number of para-hydroxylation sites is 1. The fourth-order valence-electron chi connectivity index (χ4n) is 3.73. The Morgan fingerprint density at radius 3 is 2.44 bits per heavy atom. The molecule has 9 heteroatoms. The van der Waals surface area contributed by atoms with Crippen LogP contribution >= 0.6 is 11.6 Å². The first kappa shape index (κ1) is 24.6. The van der Waals surface area contributed by atoms with Gasteiger partial charge in [-0.15, -0.1) is 0 Å². The Morgan fingerprint density at radius 2 is 1.74 bits per heavy atom. The summed E-state index contributed by atoms with van der Waals surface area (Å²) in [6.07, 6.45) is 1.56. The van der Waals surface area contributed by atoms with Gasteiger partial charge in [0, 0.05) is 43.7 Å². The summed E-state index contributed by atoms with van der Waals surface area (Å²) < 4.78 is 12.7. The van der Waals surface area contributed by atoms with E-state index in [-0.39, 0.29) is 5.25 Å². The zero-order valence-corrected chi connectivity index (χ0v) is 21.4.